The Morgan fingerprint density at radius 3 is 2.58 bits per heavy atom. The largest absolute Gasteiger partial charge is 0.491 e. The van der Waals surface area contributed by atoms with Gasteiger partial charge in [-0.2, -0.15) is 5.01 Å². The molecule has 9 heteroatoms. The van der Waals surface area contributed by atoms with Crippen molar-refractivity contribution >= 4 is 40.3 Å². The van der Waals surface area contributed by atoms with Gasteiger partial charge in [0.25, 0.3) is 5.91 Å². The van der Waals surface area contributed by atoms with Crippen LogP contribution in [-0.2, 0) is 25.8 Å². The average molecular weight is 467 g/mol. The standard InChI is InChI=1S/C24H26N4O4S/c1-14(2)32-21-9-7-6-8-18(21)13-27-20-11-10-15(3)12-19(20)24(22(27)31)28(17(5)30)26-23(33-24)25-16(4)29/h6-12,14H,13H2,1-5H3,(H,25,26,29)/t24-/m1/s1. The summed E-state index contributed by atoms with van der Waals surface area (Å²) in [6, 6.07) is 13.3. The van der Waals surface area contributed by atoms with Crippen LogP contribution in [0.15, 0.2) is 47.6 Å². The van der Waals surface area contributed by atoms with Gasteiger partial charge in [0.1, 0.15) is 5.75 Å². The fraction of sp³-hybridized carbons (Fsp3) is 0.333. The molecule has 0 fully saturated rings. The third kappa shape index (κ3) is 3.97. The molecule has 2 aliphatic rings. The van der Waals surface area contributed by atoms with E-state index in [9.17, 15) is 14.4 Å². The molecule has 2 aromatic rings. The number of fused-ring (bicyclic) bond motifs is 2. The Balaban J connectivity index is 1.81. The van der Waals surface area contributed by atoms with Crippen LogP contribution in [0.5, 0.6) is 5.75 Å². The van der Waals surface area contributed by atoms with Crippen LogP contribution in [-0.4, -0.2) is 34.0 Å². The highest BCUT2D eigenvalue weighted by molar-refractivity contribution is 8.15. The van der Waals surface area contributed by atoms with E-state index in [-0.39, 0.29) is 29.6 Å². The van der Waals surface area contributed by atoms with Crippen LogP contribution < -0.4 is 15.0 Å². The van der Waals surface area contributed by atoms with Crippen LogP contribution in [0.2, 0.25) is 0 Å². The Morgan fingerprint density at radius 1 is 1.18 bits per heavy atom. The molecule has 33 heavy (non-hydrogen) atoms. The molecule has 2 heterocycles. The molecule has 2 aliphatic heterocycles. The lowest BCUT2D eigenvalue weighted by molar-refractivity contribution is -0.139. The third-order valence-corrected chi connectivity index (χ3v) is 6.56. The van der Waals surface area contributed by atoms with Gasteiger partial charge in [-0.1, -0.05) is 35.9 Å². The Kier molecular flexibility index (Phi) is 5.92. The first kappa shape index (κ1) is 22.8. The van der Waals surface area contributed by atoms with Gasteiger partial charge >= 0.3 is 0 Å². The van der Waals surface area contributed by atoms with Crippen molar-refractivity contribution in [3.05, 3.63) is 59.2 Å². The molecule has 4 rings (SSSR count). The first-order valence-electron chi connectivity index (χ1n) is 10.7. The maximum Gasteiger partial charge on any atom is 0.271 e. The predicted octanol–water partition coefficient (Wildman–Crippen LogP) is 3.48. The summed E-state index contributed by atoms with van der Waals surface area (Å²) >= 11 is 1.07. The number of amides is 3. The van der Waals surface area contributed by atoms with Crippen molar-refractivity contribution in [3.63, 3.8) is 0 Å². The van der Waals surface area contributed by atoms with Crippen molar-refractivity contribution in [1.82, 2.24) is 10.3 Å². The Hall–Kier alpha value is -3.33. The molecule has 1 atom stereocenters. The van der Waals surface area contributed by atoms with Gasteiger partial charge < -0.3 is 15.0 Å². The van der Waals surface area contributed by atoms with E-state index < -0.39 is 10.8 Å². The van der Waals surface area contributed by atoms with Gasteiger partial charge in [-0.3, -0.25) is 14.4 Å². The van der Waals surface area contributed by atoms with Crippen LogP contribution in [0.3, 0.4) is 0 Å². The molecule has 0 saturated carbocycles. The zero-order valence-corrected chi connectivity index (χ0v) is 20.0. The third-order valence-electron chi connectivity index (χ3n) is 5.32. The van der Waals surface area contributed by atoms with Crippen LogP contribution >= 0.6 is 11.8 Å². The number of benzene rings is 2. The van der Waals surface area contributed by atoms with Crippen LogP contribution in [0.25, 0.3) is 0 Å². The zero-order chi connectivity index (χ0) is 23.9. The minimum Gasteiger partial charge on any atom is -0.491 e. The number of nitrogens with one attached hydrogen (secondary N) is 1. The number of carbonyl (C=O) groups excluding carboxylic acids is 3. The summed E-state index contributed by atoms with van der Waals surface area (Å²) in [7, 11) is 0. The Bertz CT molecular complexity index is 1180. The highest BCUT2D eigenvalue weighted by Crippen LogP contribution is 2.55. The molecule has 0 aromatic heterocycles. The SMILES string of the molecule is CC(=O)NC1=NN(C(C)=O)[C@]2(S1)C(=O)N(Cc1ccccc1OC(C)C)c1ccc(C)cc12. The number of hydrogen-bond donors (Lipinski definition) is 1. The van der Waals surface area contributed by atoms with Gasteiger partial charge in [-0.05, 0) is 44.7 Å². The number of amidine groups is 1. The van der Waals surface area contributed by atoms with Gasteiger partial charge in [-0.25, -0.2) is 0 Å². The number of hydrogen-bond acceptors (Lipinski definition) is 6. The fourth-order valence-corrected chi connectivity index (χ4v) is 5.38. The van der Waals surface area contributed by atoms with E-state index in [1.165, 1.54) is 18.9 Å². The smallest absolute Gasteiger partial charge is 0.271 e. The van der Waals surface area contributed by atoms with Gasteiger partial charge in [0.05, 0.1) is 18.3 Å². The van der Waals surface area contributed by atoms with Crippen molar-refractivity contribution in [2.45, 2.75) is 52.1 Å². The number of para-hydroxylation sites is 1. The zero-order valence-electron chi connectivity index (χ0n) is 19.2. The van der Waals surface area contributed by atoms with E-state index in [2.05, 4.69) is 10.4 Å². The maximum absolute atomic E-state index is 14.1. The first-order chi connectivity index (χ1) is 15.6. The molecule has 3 amide bonds. The normalized spacial score (nSPS) is 19.2. The fourth-order valence-electron chi connectivity index (χ4n) is 4.06. The Labute approximate surface area is 197 Å². The second kappa shape index (κ2) is 8.55. The summed E-state index contributed by atoms with van der Waals surface area (Å²) in [6.45, 7) is 8.82. The van der Waals surface area contributed by atoms with Crippen LogP contribution in [0.1, 0.15) is 44.4 Å². The van der Waals surface area contributed by atoms with Gasteiger partial charge in [0, 0.05) is 25.0 Å². The molecule has 2 aromatic carbocycles. The molecule has 1 spiro atoms. The Morgan fingerprint density at radius 2 is 1.91 bits per heavy atom. The highest BCUT2D eigenvalue weighted by atomic mass is 32.2. The average Bonchev–Trinajstić information content (AvgIpc) is 3.21. The summed E-state index contributed by atoms with van der Waals surface area (Å²) in [5, 5.41) is 8.32. The second-order valence-corrected chi connectivity index (χ2v) is 9.53. The lowest BCUT2D eigenvalue weighted by atomic mass is 10.0. The van der Waals surface area contributed by atoms with Crippen molar-refractivity contribution in [2.24, 2.45) is 5.10 Å². The molecule has 0 unspecified atom stereocenters. The van der Waals surface area contributed by atoms with Gasteiger partial charge in [0.2, 0.25) is 16.7 Å². The van der Waals surface area contributed by atoms with Crippen molar-refractivity contribution in [2.75, 3.05) is 4.90 Å². The number of anilines is 1. The van der Waals surface area contributed by atoms with Crippen molar-refractivity contribution < 1.29 is 19.1 Å². The molecule has 0 bridgehead atoms. The van der Waals surface area contributed by atoms with E-state index in [1.54, 1.807) is 4.90 Å². The van der Waals surface area contributed by atoms with Crippen molar-refractivity contribution in [1.29, 1.82) is 0 Å². The van der Waals surface area contributed by atoms with E-state index >= 15 is 0 Å². The van der Waals surface area contributed by atoms with Crippen molar-refractivity contribution in [3.8, 4) is 5.75 Å². The van der Waals surface area contributed by atoms with E-state index in [0.717, 1.165) is 22.9 Å². The number of carbonyl (C=O) groups is 3. The molecule has 0 aliphatic carbocycles. The highest BCUT2D eigenvalue weighted by Gasteiger charge is 2.61. The maximum atomic E-state index is 14.1. The summed E-state index contributed by atoms with van der Waals surface area (Å²) in [5.41, 5.74) is 3.16. The predicted molar refractivity (Wildman–Crippen MR) is 128 cm³/mol. The summed E-state index contributed by atoms with van der Waals surface area (Å²) in [6.07, 6.45) is -0.0195. The molecule has 0 saturated heterocycles. The van der Waals surface area contributed by atoms with E-state index in [4.69, 9.17) is 4.74 Å². The molecule has 0 radical (unpaired) electrons. The summed E-state index contributed by atoms with van der Waals surface area (Å²) in [5.74, 6) is -0.318. The number of thioether (sulfide) groups is 1. The van der Waals surface area contributed by atoms with Gasteiger partial charge in [-0.15, -0.1) is 5.10 Å². The first-order valence-corrected chi connectivity index (χ1v) is 11.5. The molecular weight excluding hydrogens is 440 g/mol. The number of rotatable bonds is 4. The lowest BCUT2D eigenvalue weighted by Crippen LogP contribution is -2.48. The minimum absolute atomic E-state index is 0.0195. The van der Waals surface area contributed by atoms with E-state index in [1.807, 2.05) is 63.2 Å². The molecule has 8 nitrogen and oxygen atoms in total. The molecule has 172 valence electrons. The number of aryl methyl sites for hydroxylation is 1. The number of nitrogens with zero attached hydrogens (tertiary/aromatic N) is 3. The number of hydrazone groups is 1. The van der Waals surface area contributed by atoms with Crippen LogP contribution in [0.4, 0.5) is 5.69 Å². The van der Waals surface area contributed by atoms with Gasteiger partial charge in [0.15, 0.2) is 5.17 Å². The second-order valence-electron chi connectivity index (χ2n) is 8.35. The monoisotopic (exact) mass is 466 g/mol. The van der Waals surface area contributed by atoms with E-state index in [0.29, 0.717) is 17.0 Å². The number of ether oxygens (including phenoxy) is 1. The quantitative estimate of drug-likeness (QED) is 0.745. The summed E-state index contributed by atoms with van der Waals surface area (Å²) in [4.78, 5) is 38.6. The van der Waals surface area contributed by atoms with Crippen LogP contribution in [0, 0.1) is 6.92 Å². The molecule has 1 N–H and O–H groups in total. The summed E-state index contributed by atoms with van der Waals surface area (Å²) < 4.78 is 5.96. The topological polar surface area (TPSA) is 91.3 Å². The molecular formula is C24H26N4O4S. The minimum atomic E-state index is -1.42. The lowest BCUT2D eigenvalue weighted by Gasteiger charge is -2.29.